The molecule has 4 heteroatoms. The molecule has 3 nitrogen and oxygen atoms in total. The summed E-state index contributed by atoms with van der Waals surface area (Å²) in [6.45, 7) is 5.21. The van der Waals surface area contributed by atoms with Crippen molar-refractivity contribution >= 4 is 5.91 Å². The van der Waals surface area contributed by atoms with E-state index in [4.69, 9.17) is 0 Å². The number of amides is 1. The van der Waals surface area contributed by atoms with Gasteiger partial charge in [0, 0.05) is 13.0 Å². The molecule has 2 fully saturated rings. The Labute approximate surface area is 144 Å². The Morgan fingerprint density at radius 2 is 1.92 bits per heavy atom. The van der Waals surface area contributed by atoms with Gasteiger partial charge in [0.1, 0.15) is 5.82 Å². The number of likely N-dealkylation sites (tertiary alicyclic amines) is 1. The minimum absolute atomic E-state index is 0.118. The third kappa shape index (κ3) is 4.15. The number of carbonyl (C=O) groups is 1. The van der Waals surface area contributed by atoms with Crippen LogP contribution >= 0.6 is 0 Å². The zero-order valence-electron chi connectivity index (χ0n) is 14.6. The van der Waals surface area contributed by atoms with Crippen molar-refractivity contribution in [2.45, 2.75) is 51.5 Å². The average Bonchev–Trinajstić information content (AvgIpc) is 2.63. The number of hydrogen-bond acceptors (Lipinski definition) is 2. The van der Waals surface area contributed by atoms with Crippen LogP contribution in [0.4, 0.5) is 4.39 Å². The second-order valence-corrected chi connectivity index (χ2v) is 7.42. The highest BCUT2D eigenvalue weighted by Gasteiger charge is 2.30. The number of hydrogen-bond donors (Lipinski definition) is 1. The molecule has 1 aromatic rings. The fourth-order valence-electron chi connectivity index (χ4n) is 4.23. The second kappa shape index (κ2) is 8.11. The number of nitrogens with zero attached hydrogens (tertiary/aromatic N) is 1. The summed E-state index contributed by atoms with van der Waals surface area (Å²) < 4.78 is 13.2. The molecule has 0 saturated carbocycles. The zero-order valence-corrected chi connectivity index (χ0v) is 14.6. The minimum atomic E-state index is -0.216. The van der Waals surface area contributed by atoms with Gasteiger partial charge in [0.15, 0.2) is 0 Å². The summed E-state index contributed by atoms with van der Waals surface area (Å²) in [5.74, 6) is 1.15. The van der Waals surface area contributed by atoms with E-state index in [-0.39, 0.29) is 17.8 Å². The smallest absolute Gasteiger partial charge is 0.223 e. The van der Waals surface area contributed by atoms with Crippen LogP contribution in [0.25, 0.3) is 0 Å². The van der Waals surface area contributed by atoms with Gasteiger partial charge in [-0.25, -0.2) is 4.39 Å². The highest BCUT2D eigenvalue weighted by Crippen LogP contribution is 2.33. The molecule has 0 radical (unpaired) electrons. The van der Waals surface area contributed by atoms with E-state index in [1.54, 1.807) is 0 Å². The molecule has 0 bridgehead atoms. The predicted molar refractivity (Wildman–Crippen MR) is 94.1 cm³/mol. The lowest BCUT2D eigenvalue weighted by Crippen LogP contribution is -2.40. The first kappa shape index (κ1) is 17.4. The highest BCUT2D eigenvalue weighted by atomic mass is 19.1. The van der Waals surface area contributed by atoms with E-state index in [0.717, 1.165) is 44.5 Å². The Balaban J connectivity index is 1.65. The molecule has 0 spiro atoms. The van der Waals surface area contributed by atoms with Crippen molar-refractivity contribution in [1.82, 2.24) is 10.2 Å². The molecule has 2 heterocycles. The average molecular weight is 332 g/mol. The first-order valence-corrected chi connectivity index (χ1v) is 9.41. The third-order valence-corrected chi connectivity index (χ3v) is 5.76. The van der Waals surface area contributed by atoms with E-state index >= 15 is 0 Å². The van der Waals surface area contributed by atoms with E-state index < -0.39 is 0 Å². The Morgan fingerprint density at radius 3 is 2.62 bits per heavy atom. The van der Waals surface area contributed by atoms with Crippen LogP contribution in [0.5, 0.6) is 0 Å². The van der Waals surface area contributed by atoms with Gasteiger partial charge < -0.3 is 10.2 Å². The number of halogens is 1. The van der Waals surface area contributed by atoms with Crippen LogP contribution in [0.1, 0.15) is 57.1 Å². The van der Waals surface area contributed by atoms with Gasteiger partial charge in [0.05, 0.1) is 6.04 Å². The second-order valence-electron chi connectivity index (χ2n) is 7.42. The van der Waals surface area contributed by atoms with Crippen molar-refractivity contribution in [3.05, 3.63) is 35.6 Å². The number of piperidine rings is 2. The molecular weight excluding hydrogens is 303 g/mol. The summed E-state index contributed by atoms with van der Waals surface area (Å²) in [6.07, 6.45) is 6.19. The summed E-state index contributed by atoms with van der Waals surface area (Å²) in [6, 6.07) is 6.80. The van der Waals surface area contributed by atoms with Gasteiger partial charge in [-0.05, 0) is 74.7 Å². The summed E-state index contributed by atoms with van der Waals surface area (Å²) in [7, 11) is 0. The van der Waals surface area contributed by atoms with Gasteiger partial charge in [-0.1, -0.05) is 19.1 Å². The van der Waals surface area contributed by atoms with Crippen molar-refractivity contribution in [3.8, 4) is 0 Å². The lowest BCUT2D eigenvalue weighted by atomic mass is 9.83. The first-order chi connectivity index (χ1) is 11.6. The molecule has 3 rings (SSSR count). The van der Waals surface area contributed by atoms with Crippen molar-refractivity contribution in [2.75, 3.05) is 19.6 Å². The normalized spacial score (nSPS) is 23.9. The summed E-state index contributed by atoms with van der Waals surface area (Å²) >= 11 is 0. The fraction of sp³-hybridized carbons (Fsp3) is 0.650. The minimum Gasteiger partial charge on any atom is -0.336 e. The molecule has 0 aromatic heterocycles. The van der Waals surface area contributed by atoms with Crippen LogP contribution < -0.4 is 5.32 Å². The molecule has 0 aliphatic carbocycles. The number of rotatable bonds is 4. The van der Waals surface area contributed by atoms with Gasteiger partial charge in [0.2, 0.25) is 5.91 Å². The van der Waals surface area contributed by atoms with Gasteiger partial charge in [-0.15, -0.1) is 0 Å². The summed E-state index contributed by atoms with van der Waals surface area (Å²) in [5, 5.41) is 3.39. The molecule has 2 aliphatic rings. The first-order valence-electron chi connectivity index (χ1n) is 9.41. The SMILES string of the molecule is CC(CC(=O)N1CCCCC1c1ccc(F)cc1)C1CCNCC1. The van der Waals surface area contributed by atoms with E-state index in [2.05, 4.69) is 12.2 Å². The topological polar surface area (TPSA) is 32.3 Å². The van der Waals surface area contributed by atoms with Crippen molar-refractivity contribution < 1.29 is 9.18 Å². The van der Waals surface area contributed by atoms with Crippen LogP contribution in [0.15, 0.2) is 24.3 Å². The van der Waals surface area contributed by atoms with Crippen LogP contribution in [-0.4, -0.2) is 30.4 Å². The number of nitrogens with one attached hydrogen (secondary N) is 1. The standard InChI is InChI=1S/C20H29FN2O/c1-15(16-9-11-22-12-10-16)14-20(24)23-13-3-2-4-19(23)17-5-7-18(21)8-6-17/h5-8,15-16,19,22H,2-4,9-14H2,1H3. The van der Waals surface area contributed by atoms with Crippen molar-refractivity contribution in [2.24, 2.45) is 11.8 Å². The maximum atomic E-state index is 13.2. The Hall–Kier alpha value is -1.42. The fourth-order valence-corrected chi connectivity index (χ4v) is 4.23. The highest BCUT2D eigenvalue weighted by molar-refractivity contribution is 5.77. The third-order valence-electron chi connectivity index (χ3n) is 5.76. The molecular formula is C20H29FN2O. The maximum Gasteiger partial charge on any atom is 0.223 e. The lowest BCUT2D eigenvalue weighted by molar-refractivity contribution is -0.136. The van der Waals surface area contributed by atoms with Crippen LogP contribution in [0.2, 0.25) is 0 Å². The summed E-state index contributed by atoms with van der Waals surface area (Å²) in [4.78, 5) is 15.0. The monoisotopic (exact) mass is 332 g/mol. The van der Waals surface area contributed by atoms with Crippen molar-refractivity contribution in [1.29, 1.82) is 0 Å². The van der Waals surface area contributed by atoms with E-state index in [1.165, 1.54) is 25.0 Å². The molecule has 132 valence electrons. The zero-order chi connectivity index (χ0) is 16.9. The molecule has 2 atom stereocenters. The van der Waals surface area contributed by atoms with E-state index in [1.807, 2.05) is 17.0 Å². The van der Waals surface area contributed by atoms with Gasteiger partial charge in [-0.2, -0.15) is 0 Å². The Bertz CT molecular complexity index is 539. The van der Waals surface area contributed by atoms with Crippen LogP contribution in [0, 0.1) is 17.7 Å². The van der Waals surface area contributed by atoms with Crippen LogP contribution in [-0.2, 0) is 4.79 Å². The molecule has 2 unspecified atom stereocenters. The maximum absolute atomic E-state index is 13.2. The Kier molecular flexibility index (Phi) is 5.88. The largest absolute Gasteiger partial charge is 0.336 e. The van der Waals surface area contributed by atoms with E-state index in [0.29, 0.717) is 18.3 Å². The Morgan fingerprint density at radius 1 is 1.21 bits per heavy atom. The van der Waals surface area contributed by atoms with Gasteiger partial charge in [-0.3, -0.25) is 4.79 Å². The molecule has 1 amide bonds. The number of benzene rings is 1. The predicted octanol–water partition coefficient (Wildman–Crippen LogP) is 3.91. The van der Waals surface area contributed by atoms with Crippen molar-refractivity contribution in [3.63, 3.8) is 0 Å². The summed E-state index contributed by atoms with van der Waals surface area (Å²) in [5.41, 5.74) is 1.07. The molecule has 1 N–H and O–H groups in total. The van der Waals surface area contributed by atoms with Gasteiger partial charge in [0.25, 0.3) is 0 Å². The quantitative estimate of drug-likeness (QED) is 0.907. The van der Waals surface area contributed by atoms with E-state index in [9.17, 15) is 9.18 Å². The molecule has 24 heavy (non-hydrogen) atoms. The number of carbonyl (C=O) groups excluding carboxylic acids is 1. The molecule has 1 aromatic carbocycles. The van der Waals surface area contributed by atoms with Gasteiger partial charge >= 0.3 is 0 Å². The molecule has 2 saturated heterocycles. The lowest BCUT2D eigenvalue weighted by Gasteiger charge is -2.37. The molecule has 2 aliphatic heterocycles. The van der Waals surface area contributed by atoms with Crippen LogP contribution in [0.3, 0.4) is 0 Å².